The summed E-state index contributed by atoms with van der Waals surface area (Å²) >= 11 is 0. The van der Waals surface area contributed by atoms with E-state index in [0.29, 0.717) is 18.0 Å². The van der Waals surface area contributed by atoms with E-state index in [2.05, 4.69) is 34.2 Å². The number of hydrogen-bond donors (Lipinski definition) is 1. The molecule has 0 radical (unpaired) electrons. The molecule has 0 spiro atoms. The number of aliphatic imine (C=N–C) groups is 1. The van der Waals surface area contributed by atoms with Crippen LogP contribution in [-0.2, 0) is 16.0 Å². The number of hydrogen-bond acceptors (Lipinski definition) is 3. The van der Waals surface area contributed by atoms with Gasteiger partial charge in [-0.15, -0.1) is 0 Å². The molecule has 0 amide bonds. The number of aromatic amines is 1. The van der Waals surface area contributed by atoms with Gasteiger partial charge >= 0.3 is 5.97 Å². The first-order valence-corrected chi connectivity index (χ1v) is 8.07. The molecular weight excluding hydrogens is 312 g/mol. The topological polar surface area (TPSA) is 54.4 Å². The number of aromatic nitrogens is 1. The third kappa shape index (κ3) is 3.43. The van der Waals surface area contributed by atoms with Crippen molar-refractivity contribution < 1.29 is 9.53 Å². The molecule has 2 heterocycles. The molecule has 25 heavy (non-hydrogen) atoms. The van der Waals surface area contributed by atoms with Gasteiger partial charge in [0.15, 0.2) is 5.70 Å². The summed E-state index contributed by atoms with van der Waals surface area (Å²) in [5.41, 5.74) is 4.52. The third-order valence-corrected chi connectivity index (χ3v) is 4.00. The second-order valence-corrected chi connectivity index (χ2v) is 5.79. The number of esters is 1. The second kappa shape index (κ2) is 6.61. The molecule has 0 saturated carbocycles. The highest BCUT2D eigenvalue weighted by Crippen LogP contribution is 2.21. The number of rotatable bonds is 4. The molecule has 0 fully saturated rings. The van der Waals surface area contributed by atoms with E-state index in [0.717, 1.165) is 16.8 Å². The molecule has 4 nitrogen and oxygen atoms in total. The average molecular weight is 328 g/mol. The fourth-order valence-corrected chi connectivity index (χ4v) is 2.73. The van der Waals surface area contributed by atoms with Crippen molar-refractivity contribution >= 4 is 17.9 Å². The van der Waals surface area contributed by atoms with Gasteiger partial charge in [-0.3, -0.25) is 0 Å². The van der Waals surface area contributed by atoms with Crippen LogP contribution in [0.25, 0.3) is 17.2 Å². The van der Waals surface area contributed by atoms with E-state index < -0.39 is 5.97 Å². The Morgan fingerprint density at radius 3 is 2.40 bits per heavy atom. The molecule has 2 aromatic carbocycles. The Balaban J connectivity index is 1.50. The first kappa shape index (κ1) is 15.1. The summed E-state index contributed by atoms with van der Waals surface area (Å²) in [5.74, 6) is 0.0146. The van der Waals surface area contributed by atoms with Gasteiger partial charge in [-0.1, -0.05) is 54.6 Å². The first-order chi connectivity index (χ1) is 12.3. The highest BCUT2D eigenvalue weighted by Gasteiger charge is 2.23. The number of carbonyl (C=O) groups excluding carboxylic acids is 1. The lowest BCUT2D eigenvalue weighted by atomic mass is 10.0. The summed E-state index contributed by atoms with van der Waals surface area (Å²) in [6, 6.07) is 22.1. The van der Waals surface area contributed by atoms with Crippen LogP contribution in [0.15, 0.2) is 83.6 Å². The number of benzene rings is 2. The van der Waals surface area contributed by atoms with Crippen LogP contribution in [0.3, 0.4) is 0 Å². The van der Waals surface area contributed by atoms with Gasteiger partial charge < -0.3 is 9.72 Å². The van der Waals surface area contributed by atoms with Crippen molar-refractivity contribution in [1.82, 2.24) is 4.98 Å². The molecule has 0 atom stereocenters. The monoisotopic (exact) mass is 328 g/mol. The number of nitrogens with one attached hydrogen (secondary N) is 1. The minimum absolute atomic E-state index is 0.318. The zero-order chi connectivity index (χ0) is 17.1. The first-order valence-electron chi connectivity index (χ1n) is 8.07. The van der Waals surface area contributed by atoms with Crippen molar-refractivity contribution in [2.75, 3.05) is 0 Å². The average Bonchev–Trinajstić information content (AvgIpc) is 3.27. The molecule has 0 bridgehead atoms. The van der Waals surface area contributed by atoms with Crippen LogP contribution in [-0.4, -0.2) is 16.9 Å². The van der Waals surface area contributed by atoms with E-state index in [1.54, 1.807) is 12.3 Å². The van der Waals surface area contributed by atoms with E-state index >= 15 is 0 Å². The van der Waals surface area contributed by atoms with E-state index in [1.165, 1.54) is 5.56 Å². The van der Waals surface area contributed by atoms with E-state index in [1.807, 2.05) is 42.5 Å². The largest absolute Gasteiger partial charge is 0.406 e. The van der Waals surface area contributed by atoms with Crippen molar-refractivity contribution in [2.45, 2.75) is 6.42 Å². The Labute approximate surface area is 145 Å². The summed E-state index contributed by atoms with van der Waals surface area (Å²) in [6.07, 6.45) is 3.97. The number of cyclic esters (lactones) is 1. The summed E-state index contributed by atoms with van der Waals surface area (Å²) in [7, 11) is 0. The number of nitrogens with zero attached hydrogens (tertiary/aromatic N) is 1. The molecule has 0 unspecified atom stereocenters. The minimum atomic E-state index is -0.412. The summed E-state index contributed by atoms with van der Waals surface area (Å²) in [5, 5.41) is 0. The van der Waals surface area contributed by atoms with Gasteiger partial charge in [0.05, 0.1) is 0 Å². The molecule has 1 N–H and O–H groups in total. The fraction of sp³-hybridized carbons (Fsp3) is 0.0476. The van der Waals surface area contributed by atoms with Crippen LogP contribution >= 0.6 is 0 Å². The van der Waals surface area contributed by atoms with Gasteiger partial charge in [0, 0.05) is 18.3 Å². The molecule has 4 heteroatoms. The van der Waals surface area contributed by atoms with Crippen molar-refractivity contribution in [3.63, 3.8) is 0 Å². The molecule has 1 aliphatic heterocycles. The molecule has 0 aliphatic carbocycles. The number of H-pyrrole nitrogens is 1. The number of ether oxygens (including phenoxy) is 1. The van der Waals surface area contributed by atoms with Crippen molar-refractivity contribution in [1.29, 1.82) is 0 Å². The molecule has 3 aromatic rings. The molecule has 0 saturated heterocycles. The zero-order valence-corrected chi connectivity index (χ0v) is 13.5. The summed E-state index contributed by atoms with van der Waals surface area (Å²) in [4.78, 5) is 19.2. The van der Waals surface area contributed by atoms with Crippen LogP contribution in [0.5, 0.6) is 0 Å². The lowest BCUT2D eigenvalue weighted by Gasteiger charge is -2.04. The van der Waals surface area contributed by atoms with E-state index in [-0.39, 0.29) is 0 Å². The Kier molecular flexibility index (Phi) is 4.01. The zero-order valence-electron chi connectivity index (χ0n) is 13.5. The van der Waals surface area contributed by atoms with Gasteiger partial charge in [0.2, 0.25) is 5.90 Å². The van der Waals surface area contributed by atoms with Crippen molar-refractivity contribution in [3.05, 3.63) is 89.9 Å². The normalized spacial score (nSPS) is 15.3. The Bertz CT molecular complexity index is 937. The van der Waals surface area contributed by atoms with Gasteiger partial charge in [-0.05, 0) is 34.9 Å². The maximum absolute atomic E-state index is 11.9. The maximum Gasteiger partial charge on any atom is 0.363 e. The second-order valence-electron chi connectivity index (χ2n) is 5.79. The summed E-state index contributed by atoms with van der Waals surface area (Å²) in [6.45, 7) is 0. The Hall–Kier alpha value is -3.40. The number of carbonyl (C=O) groups is 1. The highest BCUT2D eigenvalue weighted by molar-refractivity contribution is 6.07. The quantitative estimate of drug-likeness (QED) is 0.576. The van der Waals surface area contributed by atoms with Gasteiger partial charge in [-0.2, -0.15) is 0 Å². The summed E-state index contributed by atoms with van der Waals surface area (Å²) < 4.78 is 5.27. The predicted octanol–water partition coefficient (Wildman–Crippen LogP) is 4.22. The Morgan fingerprint density at radius 1 is 0.920 bits per heavy atom. The smallest absolute Gasteiger partial charge is 0.363 e. The molecule has 4 rings (SSSR count). The predicted molar refractivity (Wildman–Crippen MR) is 97.9 cm³/mol. The van der Waals surface area contributed by atoms with Gasteiger partial charge in [0.1, 0.15) is 0 Å². The van der Waals surface area contributed by atoms with Crippen LogP contribution < -0.4 is 0 Å². The third-order valence-electron chi connectivity index (χ3n) is 4.00. The van der Waals surface area contributed by atoms with Crippen LogP contribution in [0.4, 0.5) is 0 Å². The molecular formula is C21H16N2O2. The maximum atomic E-state index is 11.9. The Morgan fingerprint density at radius 2 is 1.68 bits per heavy atom. The van der Waals surface area contributed by atoms with E-state index in [4.69, 9.17) is 4.74 Å². The highest BCUT2D eigenvalue weighted by atomic mass is 16.6. The SMILES string of the molecule is O=C1OC(Cc2ccc(-c3ccccc3)cc2)=NC1=Cc1ccc[nH]1. The van der Waals surface area contributed by atoms with Crippen LogP contribution in [0.2, 0.25) is 0 Å². The standard InChI is InChI=1S/C21H16N2O2/c24-21-19(14-18-7-4-12-22-18)23-20(25-21)13-15-8-10-17(11-9-15)16-5-2-1-3-6-16/h1-12,14,22H,13H2. The molecule has 122 valence electrons. The van der Waals surface area contributed by atoms with Crippen LogP contribution in [0, 0.1) is 0 Å². The van der Waals surface area contributed by atoms with Crippen molar-refractivity contribution in [3.8, 4) is 11.1 Å². The van der Waals surface area contributed by atoms with Gasteiger partial charge in [0.25, 0.3) is 0 Å². The molecule has 1 aromatic heterocycles. The fourth-order valence-electron chi connectivity index (χ4n) is 2.73. The van der Waals surface area contributed by atoms with Crippen LogP contribution in [0.1, 0.15) is 11.3 Å². The van der Waals surface area contributed by atoms with E-state index in [9.17, 15) is 4.79 Å². The molecule has 1 aliphatic rings. The van der Waals surface area contributed by atoms with Gasteiger partial charge in [-0.25, -0.2) is 9.79 Å². The lowest BCUT2D eigenvalue weighted by Crippen LogP contribution is -2.06. The van der Waals surface area contributed by atoms with Crippen molar-refractivity contribution in [2.24, 2.45) is 4.99 Å². The lowest BCUT2D eigenvalue weighted by molar-refractivity contribution is -0.130. The minimum Gasteiger partial charge on any atom is -0.406 e.